The molecule has 1 unspecified atom stereocenters. The lowest BCUT2D eigenvalue weighted by Gasteiger charge is -2.32. The van der Waals surface area contributed by atoms with Gasteiger partial charge in [0.05, 0.1) is 6.07 Å². The van der Waals surface area contributed by atoms with Gasteiger partial charge in [-0.15, -0.1) is 0 Å². The quantitative estimate of drug-likeness (QED) is 0.655. The van der Waals surface area contributed by atoms with Crippen LogP contribution in [0.3, 0.4) is 0 Å². The highest BCUT2D eigenvalue weighted by atomic mass is 16.2. The Kier molecular flexibility index (Phi) is 2.70. The van der Waals surface area contributed by atoms with E-state index in [1.54, 1.807) is 11.0 Å². The van der Waals surface area contributed by atoms with Crippen LogP contribution in [-0.2, 0) is 4.79 Å². The molecule has 1 amide bonds. The highest BCUT2D eigenvalue weighted by molar-refractivity contribution is 5.95. The lowest BCUT2D eigenvalue weighted by Crippen LogP contribution is -2.44. The molecule has 0 aromatic rings. The van der Waals surface area contributed by atoms with E-state index in [1.807, 2.05) is 45.9 Å². The molecular formula is C15H18N2O. The predicted molar refractivity (Wildman–Crippen MR) is 70.5 cm³/mol. The molecule has 3 heteroatoms. The average molecular weight is 242 g/mol. The minimum atomic E-state index is -1.10. The Bertz CT molecular complexity index is 526. The maximum Gasteiger partial charge on any atom is 0.252 e. The maximum atomic E-state index is 12.6. The second-order valence-corrected chi connectivity index (χ2v) is 5.92. The summed E-state index contributed by atoms with van der Waals surface area (Å²) in [6, 6.07) is 2.21. The number of fused-ring (bicyclic) bond motifs is 1. The Morgan fingerprint density at radius 3 is 2.61 bits per heavy atom. The first-order chi connectivity index (χ1) is 8.31. The van der Waals surface area contributed by atoms with Crippen molar-refractivity contribution in [2.75, 3.05) is 6.54 Å². The van der Waals surface area contributed by atoms with E-state index in [0.29, 0.717) is 6.54 Å². The van der Waals surface area contributed by atoms with E-state index < -0.39 is 5.41 Å². The highest BCUT2D eigenvalue weighted by Crippen LogP contribution is 2.42. The molecule has 18 heavy (non-hydrogen) atoms. The fourth-order valence-corrected chi connectivity index (χ4v) is 2.32. The van der Waals surface area contributed by atoms with Crippen LogP contribution in [0.5, 0.6) is 0 Å². The number of likely N-dealkylation sites (tertiary alicyclic amines) is 1. The lowest BCUT2D eigenvalue weighted by atomic mass is 9.83. The molecule has 94 valence electrons. The molecule has 1 aliphatic heterocycles. The number of rotatable bonds is 0. The van der Waals surface area contributed by atoms with Gasteiger partial charge in [0.25, 0.3) is 5.91 Å². The number of hydrogen-bond donors (Lipinski definition) is 0. The fourth-order valence-electron chi connectivity index (χ4n) is 2.32. The van der Waals surface area contributed by atoms with Crippen molar-refractivity contribution in [3.63, 3.8) is 0 Å². The Morgan fingerprint density at radius 1 is 1.39 bits per heavy atom. The molecule has 0 aromatic heterocycles. The molecule has 1 saturated heterocycles. The molecule has 0 radical (unpaired) electrons. The van der Waals surface area contributed by atoms with Crippen LogP contribution in [0.1, 0.15) is 27.7 Å². The first-order valence-electron chi connectivity index (χ1n) is 6.12. The Morgan fingerprint density at radius 2 is 2.06 bits per heavy atom. The third-order valence-electron chi connectivity index (χ3n) is 3.55. The Hall–Kier alpha value is -1.82. The minimum Gasteiger partial charge on any atom is -0.332 e. The van der Waals surface area contributed by atoms with Gasteiger partial charge < -0.3 is 4.90 Å². The van der Waals surface area contributed by atoms with Gasteiger partial charge in [0.1, 0.15) is 0 Å². The largest absolute Gasteiger partial charge is 0.332 e. The smallest absolute Gasteiger partial charge is 0.252 e. The number of carbonyl (C=O) groups excluding carboxylic acids is 1. The fraction of sp³-hybridized carbons (Fsp3) is 0.467. The zero-order chi connectivity index (χ0) is 13.6. The second-order valence-electron chi connectivity index (χ2n) is 5.92. The van der Waals surface area contributed by atoms with Crippen molar-refractivity contribution in [2.24, 2.45) is 5.41 Å². The van der Waals surface area contributed by atoms with E-state index in [2.05, 4.69) is 6.07 Å². The van der Waals surface area contributed by atoms with Crippen molar-refractivity contribution in [3.05, 3.63) is 35.5 Å². The van der Waals surface area contributed by atoms with Gasteiger partial charge in [-0.25, -0.2) is 0 Å². The molecule has 3 nitrogen and oxygen atoms in total. The van der Waals surface area contributed by atoms with E-state index in [4.69, 9.17) is 0 Å². The maximum absolute atomic E-state index is 12.6. The van der Waals surface area contributed by atoms with Gasteiger partial charge in [0.15, 0.2) is 5.41 Å². The van der Waals surface area contributed by atoms with E-state index in [9.17, 15) is 10.1 Å². The van der Waals surface area contributed by atoms with Gasteiger partial charge in [-0.05, 0) is 33.3 Å². The summed E-state index contributed by atoms with van der Waals surface area (Å²) < 4.78 is 0. The summed E-state index contributed by atoms with van der Waals surface area (Å²) in [4.78, 5) is 14.4. The SMILES string of the molecule is CC1=CC=C2CN(C(C)(C)C)C(=O)C2(C#N)C=C1. The molecule has 0 N–H and O–H groups in total. The molecule has 2 rings (SSSR count). The number of allylic oxidation sites excluding steroid dienone is 4. The van der Waals surface area contributed by atoms with Crippen molar-refractivity contribution >= 4 is 5.91 Å². The lowest BCUT2D eigenvalue weighted by molar-refractivity contribution is -0.135. The van der Waals surface area contributed by atoms with Gasteiger partial charge in [0.2, 0.25) is 0 Å². The predicted octanol–water partition coefficient (Wildman–Crippen LogP) is 2.58. The summed E-state index contributed by atoms with van der Waals surface area (Å²) in [6.07, 6.45) is 7.48. The summed E-state index contributed by atoms with van der Waals surface area (Å²) in [7, 11) is 0. The monoisotopic (exact) mass is 242 g/mol. The molecule has 0 spiro atoms. The summed E-state index contributed by atoms with van der Waals surface area (Å²) in [5, 5.41) is 9.50. The summed E-state index contributed by atoms with van der Waals surface area (Å²) in [5.74, 6) is -0.108. The molecular weight excluding hydrogens is 224 g/mol. The average Bonchev–Trinajstić information content (AvgIpc) is 2.46. The van der Waals surface area contributed by atoms with Crippen LogP contribution in [0.15, 0.2) is 35.5 Å². The number of nitriles is 1. The Balaban J connectivity index is 2.55. The summed E-state index contributed by atoms with van der Waals surface area (Å²) in [6.45, 7) is 8.47. The molecule has 0 aromatic carbocycles. The van der Waals surface area contributed by atoms with Crippen LogP contribution in [-0.4, -0.2) is 22.9 Å². The van der Waals surface area contributed by atoms with Gasteiger partial charge in [-0.3, -0.25) is 4.79 Å². The molecule has 2 aliphatic rings. The number of carbonyl (C=O) groups is 1. The third-order valence-corrected chi connectivity index (χ3v) is 3.55. The number of hydrogen-bond acceptors (Lipinski definition) is 2. The van der Waals surface area contributed by atoms with Gasteiger partial charge >= 0.3 is 0 Å². The second kappa shape index (κ2) is 3.84. The van der Waals surface area contributed by atoms with E-state index in [-0.39, 0.29) is 11.4 Å². The number of amides is 1. The molecule has 1 heterocycles. The van der Waals surface area contributed by atoms with Crippen LogP contribution < -0.4 is 0 Å². The van der Waals surface area contributed by atoms with Crippen molar-refractivity contribution in [1.82, 2.24) is 4.90 Å². The van der Waals surface area contributed by atoms with E-state index >= 15 is 0 Å². The third kappa shape index (κ3) is 1.69. The van der Waals surface area contributed by atoms with Crippen molar-refractivity contribution in [3.8, 4) is 6.07 Å². The van der Waals surface area contributed by atoms with Crippen molar-refractivity contribution in [2.45, 2.75) is 33.2 Å². The van der Waals surface area contributed by atoms with Gasteiger partial charge in [0, 0.05) is 12.1 Å². The standard InChI is InChI=1S/C15H18N2O/c1-11-5-6-12-9-17(14(2,3)4)13(18)15(12,10-16)8-7-11/h5-8H,9H2,1-4H3. The Labute approximate surface area is 108 Å². The van der Waals surface area contributed by atoms with Crippen LogP contribution >= 0.6 is 0 Å². The molecule has 1 atom stereocenters. The van der Waals surface area contributed by atoms with E-state index in [1.165, 1.54) is 0 Å². The van der Waals surface area contributed by atoms with Crippen molar-refractivity contribution < 1.29 is 4.79 Å². The normalized spacial score (nSPS) is 27.3. The van der Waals surface area contributed by atoms with Crippen LogP contribution in [0.4, 0.5) is 0 Å². The summed E-state index contributed by atoms with van der Waals surface area (Å²) >= 11 is 0. The molecule has 0 bridgehead atoms. The first-order valence-corrected chi connectivity index (χ1v) is 6.12. The van der Waals surface area contributed by atoms with E-state index in [0.717, 1.165) is 11.1 Å². The van der Waals surface area contributed by atoms with Gasteiger partial charge in [-0.1, -0.05) is 29.9 Å². The van der Waals surface area contributed by atoms with Crippen LogP contribution in [0, 0.1) is 16.7 Å². The minimum absolute atomic E-state index is 0.108. The first kappa shape index (κ1) is 12.6. The molecule has 1 aliphatic carbocycles. The van der Waals surface area contributed by atoms with Crippen LogP contribution in [0.25, 0.3) is 0 Å². The zero-order valence-electron chi connectivity index (χ0n) is 11.3. The van der Waals surface area contributed by atoms with Gasteiger partial charge in [-0.2, -0.15) is 5.26 Å². The molecule has 1 fully saturated rings. The number of nitrogens with zero attached hydrogens (tertiary/aromatic N) is 2. The highest BCUT2D eigenvalue weighted by Gasteiger charge is 2.52. The zero-order valence-corrected chi connectivity index (χ0v) is 11.3. The summed E-state index contributed by atoms with van der Waals surface area (Å²) in [5.41, 5.74) is 0.571. The van der Waals surface area contributed by atoms with Crippen LogP contribution in [0.2, 0.25) is 0 Å². The molecule has 0 saturated carbocycles. The van der Waals surface area contributed by atoms with Crippen molar-refractivity contribution in [1.29, 1.82) is 5.26 Å². The topological polar surface area (TPSA) is 44.1 Å².